The van der Waals surface area contributed by atoms with Crippen molar-refractivity contribution in [3.05, 3.63) is 0 Å². The van der Waals surface area contributed by atoms with Gasteiger partial charge in [-0.3, -0.25) is 0 Å². The highest BCUT2D eigenvalue weighted by Gasteiger charge is 2.03. The first-order valence-corrected chi connectivity index (χ1v) is 48.0. The zero-order chi connectivity index (χ0) is 69.2. The smallest absolute Gasteiger partial charge is 0.0466 e. The fourth-order valence-electron chi connectivity index (χ4n) is 16.2. The fourth-order valence-corrected chi connectivity index (χ4v) is 16.2. The Balaban J connectivity index is 3.09. The fraction of sp³-hybridized carbons (Fsp3) is 1.00. The summed E-state index contributed by atoms with van der Waals surface area (Å²) in [6.45, 7) is 6.63. The minimum absolute atomic E-state index is 1.000. The Morgan fingerprint density at radius 3 is 0.216 bits per heavy atom. The van der Waals surface area contributed by atoms with Gasteiger partial charge in [-0.05, 0) is 12.8 Å². The summed E-state index contributed by atoms with van der Waals surface area (Å²) in [6.07, 6.45) is 136. The van der Waals surface area contributed by atoms with Gasteiger partial charge in [0.15, 0.2) is 0 Å². The van der Waals surface area contributed by atoms with Gasteiger partial charge >= 0.3 is 0 Å². The van der Waals surface area contributed by atoms with Crippen LogP contribution in [-0.2, 0) is 4.74 Å². The van der Waals surface area contributed by atoms with E-state index in [-0.39, 0.29) is 0 Å². The summed E-state index contributed by atoms with van der Waals surface area (Å²) in [5.41, 5.74) is 0. The summed E-state index contributed by atoms with van der Waals surface area (Å²) in [6, 6.07) is 0. The Bertz CT molecular complexity index is 1160. The lowest BCUT2D eigenvalue weighted by atomic mass is 10.0. The zero-order valence-electron chi connectivity index (χ0n) is 68.9. The van der Waals surface area contributed by atoms with Crippen molar-refractivity contribution in [3.63, 3.8) is 0 Å². The third kappa shape index (κ3) is 96.0. The summed E-state index contributed by atoms with van der Waals surface area (Å²) in [5, 5.41) is 0. The Morgan fingerprint density at radius 1 is 0.0825 bits per heavy atom. The van der Waals surface area contributed by atoms with Crippen LogP contribution in [0.25, 0.3) is 0 Å². The molecule has 0 aliphatic heterocycles. The monoisotopic (exact) mass is 1360 g/mol. The summed E-state index contributed by atoms with van der Waals surface area (Å²) in [7, 11) is 0. The number of hydrogen-bond acceptors (Lipinski definition) is 1. The molecular weight excluding hydrogens is 1170 g/mol. The van der Waals surface area contributed by atoms with E-state index in [0.717, 1.165) is 13.2 Å². The van der Waals surface area contributed by atoms with Gasteiger partial charge in [-0.2, -0.15) is 0 Å². The van der Waals surface area contributed by atoms with E-state index in [4.69, 9.17) is 4.74 Å². The topological polar surface area (TPSA) is 9.23 Å². The van der Waals surface area contributed by atoms with Crippen molar-refractivity contribution in [3.8, 4) is 0 Å². The first-order chi connectivity index (χ1) is 48.4. The molecule has 0 saturated heterocycles. The van der Waals surface area contributed by atoms with Crippen LogP contribution in [0.15, 0.2) is 0 Å². The Labute approximate surface area is 619 Å². The van der Waals surface area contributed by atoms with Gasteiger partial charge in [0.2, 0.25) is 0 Å². The van der Waals surface area contributed by atoms with Gasteiger partial charge in [0.1, 0.15) is 0 Å². The molecule has 1 heteroatoms. The molecule has 97 heavy (non-hydrogen) atoms. The van der Waals surface area contributed by atoms with E-state index in [9.17, 15) is 0 Å². The number of unbranched alkanes of at least 4 members (excludes halogenated alkanes) is 90. The molecule has 0 unspecified atom stereocenters. The van der Waals surface area contributed by atoms with Gasteiger partial charge in [0.25, 0.3) is 0 Å². The van der Waals surface area contributed by atoms with E-state index in [1.807, 2.05) is 0 Å². The molecule has 0 rings (SSSR count). The molecule has 0 amide bonds. The molecule has 0 aliphatic carbocycles. The molecule has 0 aromatic heterocycles. The molecule has 0 N–H and O–H groups in total. The van der Waals surface area contributed by atoms with Gasteiger partial charge in [0, 0.05) is 13.2 Å². The summed E-state index contributed by atoms with van der Waals surface area (Å²) >= 11 is 0. The standard InChI is InChI=1S/C96H194O/c1-3-5-7-9-11-13-15-17-19-21-23-25-27-29-31-33-35-37-39-41-43-45-47-49-51-53-55-57-59-61-63-65-67-69-71-73-75-77-79-81-83-85-87-89-91-93-95-97-96-94-92-90-88-86-84-82-80-78-76-74-72-70-68-66-64-62-60-58-56-54-52-50-48-46-44-42-40-38-36-34-32-30-28-26-24-22-20-18-16-14-12-10-8-6-4-2/h3-96H2,1-2H3. The van der Waals surface area contributed by atoms with Crippen molar-refractivity contribution in [2.24, 2.45) is 0 Å². The predicted octanol–water partition coefficient (Wildman–Crippen LogP) is 36.9. The summed E-state index contributed by atoms with van der Waals surface area (Å²) in [4.78, 5) is 0. The minimum Gasteiger partial charge on any atom is -0.381 e. The molecule has 0 saturated carbocycles. The zero-order valence-corrected chi connectivity index (χ0v) is 68.9. The maximum atomic E-state index is 6.00. The molecule has 0 heterocycles. The molecule has 584 valence electrons. The summed E-state index contributed by atoms with van der Waals surface area (Å²) < 4.78 is 6.00. The molecule has 0 bridgehead atoms. The molecule has 0 aliphatic rings. The van der Waals surface area contributed by atoms with Gasteiger partial charge in [-0.1, -0.05) is 592 Å². The Hall–Kier alpha value is -0.0400. The molecule has 0 spiro atoms. The maximum Gasteiger partial charge on any atom is 0.0466 e. The predicted molar refractivity (Wildman–Crippen MR) is 447 cm³/mol. The lowest BCUT2D eigenvalue weighted by Crippen LogP contribution is -1.97. The second kappa shape index (κ2) is 96.0. The average molecular weight is 1360 g/mol. The molecule has 1 nitrogen and oxygen atoms in total. The number of hydrogen-bond donors (Lipinski definition) is 0. The highest BCUT2D eigenvalue weighted by Crippen LogP contribution is 2.23. The van der Waals surface area contributed by atoms with E-state index in [2.05, 4.69) is 13.8 Å². The molecule has 0 fully saturated rings. The van der Waals surface area contributed by atoms with Crippen LogP contribution in [0.1, 0.15) is 605 Å². The van der Waals surface area contributed by atoms with Crippen LogP contribution >= 0.6 is 0 Å². The minimum atomic E-state index is 1.000. The average Bonchev–Trinajstić information content (AvgIpc) is 3.61. The van der Waals surface area contributed by atoms with Crippen molar-refractivity contribution in [2.45, 2.75) is 605 Å². The lowest BCUT2D eigenvalue weighted by molar-refractivity contribution is 0.125. The van der Waals surface area contributed by atoms with Gasteiger partial charge in [0.05, 0.1) is 0 Å². The SMILES string of the molecule is CCCCCCCCCCCCCCCCCCCCCCCCCCCCCCCCCCCCCCCCCCCCCCCCOCCCCCCCCCCCCCCCCCCCCCCCCCCCCCCCCCCCCCCCCCCCCCCCC. The van der Waals surface area contributed by atoms with E-state index in [0.29, 0.717) is 0 Å². The Morgan fingerprint density at radius 2 is 0.144 bits per heavy atom. The highest BCUT2D eigenvalue weighted by atomic mass is 16.5. The van der Waals surface area contributed by atoms with E-state index < -0.39 is 0 Å². The molecule has 0 atom stereocenters. The van der Waals surface area contributed by atoms with Gasteiger partial charge in [-0.25, -0.2) is 0 Å². The number of ether oxygens (including phenoxy) is 1. The second-order valence-electron chi connectivity index (χ2n) is 33.4. The van der Waals surface area contributed by atoms with Gasteiger partial charge in [-0.15, -0.1) is 0 Å². The first kappa shape index (κ1) is 97.0. The van der Waals surface area contributed by atoms with E-state index >= 15 is 0 Å². The van der Waals surface area contributed by atoms with Crippen LogP contribution in [0.4, 0.5) is 0 Å². The highest BCUT2D eigenvalue weighted by molar-refractivity contribution is 4.59. The molecule has 0 radical (unpaired) electrons. The summed E-state index contributed by atoms with van der Waals surface area (Å²) in [5.74, 6) is 0. The normalized spacial score (nSPS) is 11.8. The third-order valence-electron chi connectivity index (χ3n) is 23.3. The van der Waals surface area contributed by atoms with Crippen LogP contribution in [0, 0.1) is 0 Å². The van der Waals surface area contributed by atoms with Gasteiger partial charge < -0.3 is 4.74 Å². The van der Waals surface area contributed by atoms with Crippen molar-refractivity contribution >= 4 is 0 Å². The molecule has 0 aromatic carbocycles. The van der Waals surface area contributed by atoms with Crippen LogP contribution in [-0.4, -0.2) is 13.2 Å². The Kier molecular flexibility index (Phi) is 95.9. The van der Waals surface area contributed by atoms with Crippen LogP contribution in [0.5, 0.6) is 0 Å². The number of rotatable bonds is 94. The van der Waals surface area contributed by atoms with Crippen molar-refractivity contribution in [1.29, 1.82) is 0 Å². The maximum absolute atomic E-state index is 6.00. The van der Waals surface area contributed by atoms with Crippen LogP contribution < -0.4 is 0 Å². The third-order valence-corrected chi connectivity index (χ3v) is 23.3. The van der Waals surface area contributed by atoms with Crippen LogP contribution in [0.2, 0.25) is 0 Å². The lowest BCUT2D eigenvalue weighted by Gasteiger charge is -2.06. The van der Waals surface area contributed by atoms with E-state index in [1.54, 1.807) is 0 Å². The molecular formula is C96H194O. The van der Waals surface area contributed by atoms with Crippen LogP contribution in [0.3, 0.4) is 0 Å². The second-order valence-corrected chi connectivity index (χ2v) is 33.4. The van der Waals surface area contributed by atoms with Crippen molar-refractivity contribution < 1.29 is 4.74 Å². The van der Waals surface area contributed by atoms with Crippen molar-refractivity contribution in [1.82, 2.24) is 0 Å². The first-order valence-electron chi connectivity index (χ1n) is 48.0. The largest absolute Gasteiger partial charge is 0.381 e. The van der Waals surface area contributed by atoms with Crippen molar-refractivity contribution in [2.75, 3.05) is 13.2 Å². The van der Waals surface area contributed by atoms with E-state index in [1.165, 1.54) is 591 Å². The molecule has 0 aromatic rings. The quantitative estimate of drug-likeness (QED) is 0.0552.